The van der Waals surface area contributed by atoms with Crippen molar-refractivity contribution in [2.75, 3.05) is 0 Å². The maximum absolute atomic E-state index is 2.24. The molecular formula is C14H18. The molecule has 0 saturated heterocycles. The van der Waals surface area contributed by atoms with Crippen molar-refractivity contribution in [3.63, 3.8) is 0 Å². The average molecular weight is 186 g/mol. The van der Waals surface area contributed by atoms with Crippen molar-refractivity contribution in [2.45, 2.75) is 21.3 Å². The zero-order valence-corrected chi connectivity index (χ0v) is 8.12. The van der Waals surface area contributed by atoms with Crippen molar-refractivity contribution >= 4 is 12.2 Å². The lowest BCUT2D eigenvalue weighted by Gasteiger charge is -2.00. The second kappa shape index (κ2) is 4.28. The first-order valence-corrected chi connectivity index (χ1v) is 4.73. The minimum atomic E-state index is 0. The van der Waals surface area contributed by atoms with Crippen LogP contribution in [0.25, 0.3) is 12.2 Å². The van der Waals surface area contributed by atoms with Gasteiger partial charge in [0.05, 0.1) is 0 Å². The number of rotatable bonds is 0. The van der Waals surface area contributed by atoms with Crippen LogP contribution in [0, 0.1) is 12.8 Å². The van der Waals surface area contributed by atoms with Crippen LogP contribution in [0.1, 0.15) is 31.0 Å². The van der Waals surface area contributed by atoms with Crippen LogP contribution in [-0.2, 0) is 0 Å². The van der Waals surface area contributed by atoms with E-state index in [9.17, 15) is 0 Å². The molecule has 0 amide bonds. The van der Waals surface area contributed by atoms with E-state index in [0.29, 0.717) is 5.92 Å². The van der Waals surface area contributed by atoms with Gasteiger partial charge in [-0.05, 0) is 24.0 Å². The maximum atomic E-state index is 2.24. The van der Waals surface area contributed by atoms with Crippen molar-refractivity contribution in [1.82, 2.24) is 0 Å². The molecule has 1 atom stereocenters. The third kappa shape index (κ3) is 2.14. The summed E-state index contributed by atoms with van der Waals surface area (Å²) in [6.45, 7) is 4.33. The molecule has 0 N–H and O–H groups in total. The molecule has 0 aliphatic heterocycles. The molecule has 0 bridgehead atoms. The summed E-state index contributed by atoms with van der Waals surface area (Å²) >= 11 is 0. The third-order valence-corrected chi connectivity index (χ3v) is 2.40. The van der Waals surface area contributed by atoms with Crippen LogP contribution in [-0.4, -0.2) is 0 Å². The molecule has 1 aliphatic rings. The Kier molecular flexibility index (Phi) is 3.29. The lowest BCUT2D eigenvalue weighted by molar-refractivity contribution is 0.954. The lowest BCUT2D eigenvalue weighted by Crippen LogP contribution is -1.80. The van der Waals surface area contributed by atoms with Crippen LogP contribution in [0.3, 0.4) is 0 Å². The van der Waals surface area contributed by atoms with Crippen LogP contribution < -0.4 is 0 Å². The first-order valence-electron chi connectivity index (χ1n) is 4.73. The quantitative estimate of drug-likeness (QED) is 0.566. The van der Waals surface area contributed by atoms with Gasteiger partial charge in [-0.3, -0.25) is 0 Å². The maximum Gasteiger partial charge on any atom is -0.00752 e. The SMILES string of the molecule is C.Cc1ccc2c(c1)C=CC(C)C=C2. The van der Waals surface area contributed by atoms with Gasteiger partial charge in [-0.25, -0.2) is 0 Å². The molecule has 0 aromatic heterocycles. The molecule has 1 unspecified atom stereocenters. The predicted octanol–water partition coefficient (Wildman–Crippen LogP) is 4.31. The van der Waals surface area contributed by atoms with Crippen molar-refractivity contribution < 1.29 is 0 Å². The molecule has 2 rings (SSSR count). The van der Waals surface area contributed by atoms with E-state index in [1.165, 1.54) is 16.7 Å². The van der Waals surface area contributed by atoms with Crippen molar-refractivity contribution in [2.24, 2.45) is 5.92 Å². The summed E-state index contributed by atoms with van der Waals surface area (Å²) < 4.78 is 0. The van der Waals surface area contributed by atoms with Crippen molar-refractivity contribution in [3.8, 4) is 0 Å². The number of benzene rings is 1. The van der Waals surface area contributed by atoms with E-state index in [1.807, 2.05) is 0 Å². The monoisotopic (exact) mass is 186 g/mol. The van der Waals surface area contributed by atoms with Crippen LogP contribution >= 0.6 is 0 Å². The molecule has 0 heteroatoms. The molecule has 0 fully saturated rings. The zero-order chi connectivity index (χ0) is 9.26. The standard InChI is InChI=1S/C13H14.CH4/c1-10-3-6-12-7-5-11(2)9-13(12)8-4-10;/h3-10H,1-2H3;1H4. The molecule has 1 aliphatic carbocycles. The number of hydrogen-bond donors (Lipinski definition) is 0. The van der Waals surface area contributed by atoms with E-state index in [4.69, 9.17) is 0 Å². The van der Waals surface area contributed by atoms with Crippen LogP contribution in [0.4, 0.5) is 0 Å². The van der Waals surface area contributed by atoms with Gasteiger partial charge in [0, 0.05) is 0 Å². The second-order valence-corrected chi connectivity index (χ2v) is 3.71. The zero-order valence-electron chi connectivity index (χ0n) is 8.12. The number of allylic oxidation sites excluding steroid dienone is 2. The number of hydrogen-bond acceptors (Lipinski definition) is 0. The first-order chi connectivity index (χ1) is 6.25. The molecule has 0 heterocycles. The minimum Gasteiger partial charge on any atom is -0.0776 e. The summed E-state index contributed by atoms with van der Waals surface area (Å²) in [7, 11) is 0. The van der Waals surface area contributed by atoms with Gasteiger partial charge >= 0.3 is 0 Å². The van der Waals surface area contributed by atoms with Crippen LogP contribution in [0.2, 0.25) is 0 Å². The van der Waals surface area contributed by atoms with Crippen molar-refractivity contribution in [1.29, 1.82) is 0 Å². The molecule has 0 saturated carbocycles. The molecule has 1 aromatic carbocycles. The van der Waals surface area contributed by atoms with E-state index in [0.717, 1.165) is 0 Å². The summed E-state index contributed by atoms with van der Waals surface area (Å²) in [5.41, 5.74) is 3.98. The van der Waals surface area contributed by atoms with Crippen LogP contribution in [0.5, 0.6) is 0 Å². The molecule has 14 heavy (non-hydrogen) atoms. The van der Waals surface area contributed by atoms with Gasteiger partial charge in [-0.15, -0.1) is 0 Å². The Balaban J connectivity index is 0.000000980. The molecule has 1 aromatic rings. The Labute approximate surface area is 87.0 Å². The van der Waals surface area contributed by atoms with Gasteiger partial charge in [0.1, 0.15) is 0 Å². The van der Waals surface area contributed by atoms with E-state index in [1.54, 1.807) is 0 Å². The molecular weight excluding hydrogens is 168 g/mol. The number of fused-ring (bicyclic) bond motifs is 1. The highest BCUT2D eigenvalue weighted by Gasteiger charge is 2.01. The Bertz CT molecular complexity index is 370. The fraction of sp³-hybridized carbons (Fsp3) is 0.286. The van der Waals surface area contributed by atoms with E-state index in [-0.39, 0.29) is 7.43 Å². The lowest BCUT2D eigenvalue weighted by atomic mass is 10.0. The topological polar surface area (TPSA) is 0 Å². The Morgan fingerprint density at radius 3 is 2.36 bits per heavy atom. The Hall–Kier alpha value is -1.30. The Morgan fingerprint density at radius 1 is 1.00 bits per heavy atom. The molecule has 0 spiro atoms. The smallest absolute Gasteiger partial charge is 0.00752 e. The molecule has 0 radical (unpaired) electrons. The van der Waals surface area contributed by atoms with Gasteiger partial charge in [0.25, 0.3) is 0 Å². The van der Waals surface area contributed by atoms with Gasteiger partial charge in [0.2, 0.25) is 0 Å². The predicted molar refractivity (Wildman–Crippen MR) is 65.1 cm³/mol. The Morgan fingerprint density at radius 2 is 1.64 bits per heavy atom. The third-order valence-electron chi connectivity index (χ3n) is 2.40. The molecule has 0 nitrogen and oxygen atoms in total. The second-order valence-electron chi connectivity index (χ2n) is 3.71. The van der Waals surface area contributed by atoms with E-state index < -0.39 is 0 Å². The van der Waals surface area contributed by atoms with Gasteiger partial charge in [-0.2, -0.15) is 0 Å². The summed E-state index contributed by atoms with van der Waals surface area (Å²) in [6.07, 6.45) is 8.89. The van der Waals surface area contributed by atoms with Gasteiger partial charge in [-0.1, -0.05) is 62.4 Å². The molecule has 74 valence electrons. The van der Waals surface area contributed by atoms with E-state index >= 15 is 0 Å². The highest BCUT2D eigenvalue weighted by atomic mass is 14.1. The summed E-state index contributed by atoms with van der Waals surface area (Å²) in [5.74, 6) is 0.549. The average Bonchev–Trinajstić information content (AvgIpc) is 2.29. The first kappa shape index (κ1) is 10.8. The summed E-state index contributed by atoms with van der Waals surface area (Å²) in [4.78, 5) is 0. The number of aryl methyl sites for hydroxylation is 1. The highest BCUT2D eigenvalue weighted by Crippen LogP contribution is 2.20. The normalized spacial score (nSPS) is 18.3. The van der Waals surface area contributed by atoms with E-state index in [2.05, 4.69) is 56.4 Å². The highest BCUT2D eigenvalue weighted by molar-refractivity contribution is 5.68. The van der Waals surface area contributed by atoms with Gasteiger partial charge < -0.3 is 0 Å². The van der Waals surface area contributed by atoms with Crippen molar-refractivity contribution in [3.05, 3.63) is 47.0 Å². The fourth-order valence-corrected chi connectivity index (χ4v) is 1.57. The van der Waals surface area contributed by atoms with Crippen LogP contribution in [0.15, 0.2) is 30.4 Å². The van der Waals surface area contributed by atoms with Gasteiger partial charge in [0.15, 0.2) is 0 Å². The summed E-state index contributed by atoms with van der Waals surface area (Å²) in [5, 5.41) is 0. The summed E-state index contributed by atoms with van der Waals surface area (Å²) in [6, 6.07) is 6.57. The minimum absolute atomic E-state index is 0. The fourth-order valence-electron chi connectivity index (χ4n) is 1.57. The largest absolute Gasteiger partial charge is 0.0776 e.